The first-order valence-corrected chi connectivity index (χ1v) is 10.8. The monoisotopic (exact) mass is 422 g/mol. The standard InChI is InChI=1S/C17H18N4O3S3/c1-4-21-14(12-6-5-7-25-12)19-20-17(21)26-9-13(22)18-15-11(16(23)24-3)8-10(2)27-15/h5-8H,4,9H2,1-3H3,(H,18,22). The van der Waals surface area contributed by atoms with Crippen molar-refractivity contribution < 1.29 is 14.3 Å². The number of nitrogens with zero attached hydrogens (tertiary/aromatic N) is 3. The van der Waals surface area contributed by atoms with Gasteiger partial charge < -0.3 is 14.6 Å². The molecule has 3 aromatic heterocycles. The van der Waals surface area contributed by atoms with Gasteiger partial charge in [-0.25, -0.2) is 4.79 Å². The third-order valence-electron chi connectivity index (χ3n) is 3.62. The number of carbonyl (C=O) groups excluding carboxylic acids is 2. The number of hydrogen-bond donors (Lipinski definition) is 1. The molecule has 27 heavy (non-hydrogen) atoms. The second-order valence-electron chi connectivity index (χ2n) is 5.46. The van der Waals surface area contributed by atoms with Gasteiger partial charge in [0.25, 0.3) is 0 Å². The largest absolute Gasteiger partial charge is 0.465 e. The number of thioether (sulfide) groups is 1. The predicted octanol–water partition coefficient (Wildman–Crippen LogP) is 3.91. The zero-order valence-corrected chi connectivity index (χ0v) is 17.5. The summed E-state index contributed by atoms with van der Waals surface area (Å²) in [4.78, 5) is 26.1. The minimum atomic E-state index is -0.464. The number of ether oxygens (including phenoxy) is 1. The second kappa shape index (κ2) is 8.68. The van der Waals surface area contributed by atoms with Crippen LogP contribution in [0.4, 0.5) is 5.00 Å². The minimum absolute atomic E-state index is 0.167. The summed E-state index contributed by atoms with van der Waals surface area (Å²) in [6.07, 6.45) is 0. The molecule has 0 bridgehead atoms. The molecule has 3 heterocycles. The molecule has 0 radical (unpaired) electrons. The highest BCUT2D eigenvalue weighted by Crippen LogP contribution is 2.30. The Kier molecular flexibility index (Phi) is 6.30. The topological polar surface area (TPSA) is 86.1 Å². The van der Waals surface area contributed by atoms with Gasteiger partial charge in [-0.05, 0) is 31.4 Å². The second-order valence-corrected chi connectivity index (χ2v) is 8.60. The molecule has 1 amide bonds. The molecule has 0 fully saturated rings. The number of esters is 1. The number of anilines is 1. The van der Waals surface area contributed by atoms with E-state index in [-0.39, 0.29) is 11.7 Å². The Morgan fingerprint density at radius 1 is 1.37 bits per heavy atom. The number of methoxy groups -OCH3 is 1. The minimum Gasteiger partial charge on any atom is -0.465 e. The first-order chi connectivity index (χ1) is 13.0. The maximum absolute atomic E-state index is 12.4. The van der Waals surface area contributed by atoms with E-state index in [1.807, 2.05) is 35.9 Å². The van der Waals surface area contributed by atoms with Crippen molar-refractivity contribution in [3.63, 3.8) is 0 Å². The molecule has 10 heteroatoms. The molecule has 142 valence electrons. The van der Waals surface area contributed by atoms with E-state index >= 15 is 0 Å². The van der Waals surface area contributed by atoms with E-state index < -0.39 is 5.97 Å². The fraction of sp³-hybridized carbons (Fsp3) is 0.294. The predicted molar refractivity (Wildman–Crippen MR) is 109 cm³/mol. The van der Waals surface area contributed by atoms with Crippen LogP contribution in [0, 0.1) is 6.92 Å². The highest BCUT2D eigenvalue weighted by atomic mass is 32.2. The average molecular weight is 423 g/mol. The van der Waals surface area contributed by atoms with Gasteiger partial charge in [0.15, 0.2) is 11.0 Å². The van der Waals surface area contributed by atoms with Crippen LogP contribution in [0.2, 0.25) is 0 Å². The number of carbonyl (C=O) groups is 2. The highest BCUT2D eigenvalue weighted by molar-refractivity contribution is 7.99. The van der Waals surface area contributed by atoms with Gasteiger partial charge in [-0.15, -0.1) is 32.9 Å². The highest BCUT2D eigenvalue weighted by Gasteiger charge is 2.19. The lowest BCUT2D eigenvalue weighted by Gasteiger charge is -2.07. The maximum Gasteiger partial charge on any atom is 0.340 e. The summed E-state index contributed by atoms with van der Waals surface area (Å²) in [7, 11) is 1.32. The molecule has 1 N–H and O–H groups in total. The van der Waals surface area contributed by atoms with Crippen molar-refractivity contribution in [2.75, 3.05) is 18.2 Å². The molecular formula is C17H18N4O3S3. The van der Waals surface area contributed by atoms with E-state index in [4.69, 9.17) is 4.74 Å². The van der Waals surface area contributed by atoms with Gasteiger partial charge in [-0.2, -0.15) is 0 Å². The van der Waals surface area contributed by atoms with Gasteiger partial charge >= 0.3 is 5.97 Å². The molecule has 0 aliphatic rings. The number of hydrogen-bond acceptors (Lipinski definition) is 8. The summed E-state index contributed by atoms with van der Waals surface area (Å²) in [5, 5.41) is 14.4. The molecule has 3 rings (SSSR count). The molecular weight excluding hydrogens is 404 g/mol. The SMILES string of the molecule is CCn1c(SCC(=O)Nc2sc(C)cc2C(=O)OC)nnc1-c1cccs1. The first kappa shape index (κ1) is 19.6. The van der Waals surface area contributed by atoms with E-state index in [0.29, 0.717) is 22.3 Å². The molecule has 0 saturated carbocycles. The summed E-state index contributed by atoms with van der Waals surface area (Å²) in [6.45, 7) is 4.60. The number of aryl methyl sites for hydroxylation is 1. The van der Waals surface area contributed by atoms with Gasteiger partial charge in [-0.3, -0.25) is 4.79 Å². The van der Waals surface area contributed by atoms with Gasteiger partial charge in [0.2, 0.25) is 5.91 Å². The van der Waals surface area contributed by atoms with Crippen LogP contribution < -0.4 is 5.32 Å². The van der Waals surface area contributed by atoms with Crippen LogP contribution >= 0.6 is 34.4 Å². The Morgan fingerprint density at radius 2 is 2.19 bits per heavy atom. The summed E-state index contributed by atoms with van der Waals surface area (Å²) in [5.41, 5.74) is 0.370. The third-order valence-corrected chi connectivity index (χ3v) is 6.42. The molecule has 0 spiro atoms. The zero-order valence-electron chi connectivity index (χ0n) is 15.0. The van der Waals surface area contributed by atoms with Crippen molar-refractivity contribution in [2.45, 2.75) is 25.5 Å². The van der Waals surface area contributed by atoms with Crippen molar-refractivity contribution in [1.29, 1.82) is 0 Å². The molecule has 0 aliphatic carbocycles. The van der Waals surface area contributed by atoms with Gasteiger partial charge in [0.05, 0.1) is 23.3 Å². The van der Waals surface area contributed by atoms with Crippen LogP contribution in [0.15, 0.2) is 28.7 Å². The molecule has 0 saturated heterocycles. The van der Waals surface area contributed by atoms with Crippen LogP contribution in [0.5, 0.6) is 0 Å². The smallest absolute Gasteiger partial charge is 0.340 e. The van der Waals surface area contributed by atoms with Crippen molar-refractivity contribution >= 4 is 51.3 Å². The Balaban J connectivity index is 1.68. The first-order valence-electron chi connectivity index (χ1n) is 8.12. The van der Waals surface area contributed by atoms with Gasteiger partial charge in [0, 0.05) is 11.4 Å². The van der Waals surface area contributed by atoms with Crippen LogP contribution in [-0.4, -0.2) is 39.5 Å². The zero-order chi connectivity index (χ0) is 19.4. The van der Waals surface area contributed by atoms with Crippen molar-refractivity contribution in [2.24, 2.45) is 0 Å². The van der Waals surface area contributed by atoms with Crippen LogP contribution in [0.1, 0.15) is 22.2 Å². The van der Waals surface area contributed by atoms with E-state index in [1.165, 1.54) is 30.2 Å². The molecule has 0 aromatic carbocycles. The number of nitrogens with one attached hydrogen (secondary N) is 1. The van der Waals surface area contributed by atoms with Gasteiger partial charge in [-0.1, -0.05) is 17.8 Å². The summed E-state index contributed by atoms with van der Waals surface area (Å²) >= 11 is 4.26. The third kappa shape index (κ3) is 4.40. The number of rotatable bonds is 7. The summed E-state index contributed by atoms with van der Waals surface area (Å²) < 4.78 is 6.75. The average Bonchev–Trinajstić information content (AvgIpc) is 3.38. The van der Waals surface area contributed by atoms with Crippen LogP contribution in [0.3, 0.4) is 0 Å². The number of aromatic nitrogens is 3. The van der Waals surface area contributed by atoms with E-state index in [2.05, 4.69) is 15.5 Å². The Bertz CT molecular complexity index is 947. The normalized spacial score (nSPS) is 10.8. The molecule has 7 nitrogen and oxygen atoms in total. The summed E-state index contributed by atoms with van der Waals surface area (Å²) in [6, 6.07) is 5.67. The Labute approximate surface area is 168 Å². The number of amides is 1. The van der Waals surface area contributed by atoms with E-state index in [0.717, 1.165) is 15.6 Å². The quantitative estimate of drug-likeness (QED) is 0.459. The lowest BCUT2D eigenvalue weighted by atomic mass is 10.3. The molecule has 0 unspecified atom stereocenters. The molecule has 0 aliphatic heterocycles. The summed E-state index contributed by atoms with van der Waals surface area (Å²) in [5.74, 6) is 0.293. The fourth-order valence-corrected chi connectivity index (χ4v) is 4.87. The van der Waals surface area contributed by atoms with E-state index in [9.17, 15) is 9.59 Å². The van der Waals surface area contributed by atoms with Crippen molar-refractivity contribution in [3.8, 4) is 10.7 Å². The number of thiophene rings is 2. The molecule has 3 aromatic rings. The lowest BCUT2D eigenvalue weighted by Crippen LogP contribution is -2.16. The van der Waals surface area contributed by atoms with E-state index in [1.54, 1.807) is 17.4 Å². The maximum atomic E-state index is 12.4. The van der Waals surface area contributed by atoms with Crippen molar-refractivity contribution in [1.82, 2.24) is 14.8 Å². The van der Waals surface area contributed by atoms with Gasteiger partial charge in [0.1, 0.15) is 5.00 Å². The lowest BCUT2D eigenvalue weighted by molar-refractivity contribution is -0.113. The molecule has 0 atom stereocenters. The fourth-order valence-electron chi connectivity index (χ4n) is 2.43. The Morgan fingerprint density at radius 3 is 2.85 bits per heavy atom. The van der Waals surface area contributed by atoms with Crippen LogP contribution in [0.25, 0.3) is 10.7 Å². The Hall–Kier alpha value is -2.17. The van der Waals surface area contributed by atoms with Crippen LogP contribution in [-0.2, 0) is 16.1 Å². The van der Waals surface area contributed by atoms with Crippen molar-refractivity contribution in [3.05, 3.63) is 34.0 Å².